The van der Waals surface area contributed by atoms with Gasteiger partial charge in [-0.25, -0.2) is 9.97 Å². The van der Waals surface area contributed by atoms with Gasteiger partial charge in [0.05, 0.1) is 12.4 Å². The number of nitrogens with zero attached hydrogens (tertiary/aromatic N) is 3. The van der Waals surface area contributed by atoms with E-state index < -0.39 is 0 Å². The summed E-state index contributed by atoms with van der Waals surface area (Å²) in [6.45, 7) is 0.519. The lowest BCUT2D eigenvalue weighted by molar-refractivity contribution is 0.0948. The Hall–Kier alpha value is -2.50. The highest BCUT2D eigenvalue weighted by Crippen LogP contribution is 1.99. The van der Waals surface area contributed by atoms with Gasteiger partial charge in [-0.3, -0.25) is 9.78 Å². The summed E-state index contributed by atoms with van der Waals surface area (Å²) in [7, 11) is 1.75. The van der Waals surface area contributed by atoms with Gasteiger partial charge in [-0.15, -0.1) is 0 Å². The maximum absolute atomic E-state index is 11.8. The normalized spacial score (nSPS) is 9.95. The summed E-state index contributed by atoms with van der Waals surface area (Å²) in [4.78, 5) is 24.0. The van der Waals surface area contributed by atoms with E-state index in [0.29, 0.717) is 24.5 Å². The van der Waals surface area contributed by atoms with Gasteiger partial charge in [0.2, 0.25) is 0 Å². The van der Waals surface area contributed by atoms with E-state index in [1.54, 1.807) is 13.2 Å². The zero-order chi connectivity index (χ0) is 13.5. The first kappa shape index (κ1) is 12.9. The monoisotopic (exact) mass is 257 g/mol. The van der Waals surface area contributed by atoms with Crippen LogP contribution in [0.4, 0.5) is 5.82 Å². The predicted molar refractivity (Wildman–Crippen MR) is 71.9 cm³/mol. The molecule has 0 saturated heterocycles. The summed E-state index contributed by atoms with van der Waals surface area (Å²) in [5, 5.41) is 5.63. The molecule has 0 unspecified atom stereocenters. The van der Waals surface area contributed by atoms with Crippen molar-refractivity contribution in [3.8, 4) is 0 Å². The number of carbonyl (C=O) groups is 1. The molecule has 19 heavy (non-hydrogen) atoms. The lowest BCUT2D eigenvalue weighted by atomic mass is 10.2. The molecule has 6 nitrogen and oxygen atoms in total. The minimum Gasteiger partial charge on any atom is -0.372 e. The molecule has 0 aliphatic heterocycles. The molecule has 0 atom stereocenters. The second kappa shape index (κ2) is 6.44. The van der Waals surface area contributed by atoms with E-state index in [1.807, 2.05) is 18.2 Å². The van der Waals surface area contributed by atoms with E-state index in [0.717, 1.165) is 5.69 Å². The largest absolute Gasteiger partial charge is 0.372 e. The van der Waals surface area contributed by atoms with Gasteiger partial charge in [-0.05, 0) is 12.1 Å². The number of carbonyl (C=O) groups excluding carboxylic acids is 1. The molecule has 0 spiro atoms. The summed E-state index contributed by atoms with van der Waals surface area (Å²) in [5.41, 5.74) is 1.25. The second-order valence-corrected chi connectivity index (χ2v) is 3.86. The Morgan fingerprint density at radius 1 is 1.21 bits per heavy atom. The molecule has 2 aromatic heterocycles. The molecular weight excluding hydrogens is 242 g/mol. The molecule has 0 aliphatic rings. The van der Waals surface area contributed by atoms with Gasteiger partial charge >= 0.3 is 0 Å². The fourth-order valence-electron chi connectivity index (χ4n) is 1.52. The lowest BCUT2D eigenvalue weighted by Crippen LogP contribution is -2.26. The van der Waals surface area contributed by atoms with Crippen LogP contribution in [0.1, 0.15) is 16.2 Å². The van der Waals surface area contributed by atoms with Gasteiger partial charge < -0.3 is 10.6 Å². The highest BCUT2D eigenvalue weighted by atomic mass is 16.1. The van der Waals surface area contributed by atoms with E-state index in [1.165, 1.54) is 12.4 Å². The van der Waals surface area contributed by atoms with Crippen LogP contribution in [0.3, 0.4) is 0 Å². The third kappa shape index (κ3) is 3.74. The molecule has 98 valence electrons. The minimum atomic E-state index is -0.230. The van der Waals surface area contributed by atoms with E-state index in [2.05, 4.69) is 25.6 Å². The molecule has 0 aromatic carbocycles. The molecule has 0 aliphatic carbocycles. The smallest absolute Gasteiger partial charge is 0.271 e. The number of pyridine rings is 1. The molecule has 2 aromatic rings. The van der Waals surface area contributed by atoms with Gasteiger partial charge in [-0.2, -0.15) is 0 Å². The summed E-state index contributed by atoms with van der Waals surface area (Å²) >= 11 is 0. The lowest BCUT2D eigenvalue weighted by Gasteiger charge is -2.04. The van der Waals surface area contributed by atoms with Crippen LogP contribution in [-0.4, -0.2) is 34.5 Å². The van der Waals surface area contributed by atoms with Crippen molar-refractivity contribution in [1.82, 2.24) is 20.3 Å². The van der Waals surface area contributed by atoms with Crippen LogP contribution in [0.2, 0.25) is 0 Å². The number of amides is 1. The molecule has 0 saturated carbocycles. The van der Waals surface area contributed by atoms with Crippen molar-refractivity contribution in [3.63, 3.8) is 0 Å². The quantitative estimate of drug-likeness (QED) is 0.831. The Kier molecular flexibility index (Phi) is 4.39. The highest BCUT2D eigenvalue weighted by molar-refractivity contribution is 5.91. The van der Waals surface area contributed by atoms with Gasteiger partial charge in [-0.1, -0.05) is 6.07 Å². The first-order valence-corrected chi connectivity index (χ1v) is 5.97. The van der Waals surface area contributed by atoms with Crippen molar-refractivity contribution in [1.29, 1.82) is 0 Å². The summed E-state index contributed by atoms with van der Waals surface area (Å²) < 4.78 is 0. The second-order valence-electron chi connectivity index (χ2n) is 3.86. The maximum Gasteiger partial charge on any atom is 0.271 e. The SMILES string of the molecule is CNc1cnc(C(=O)NCCc2ccccn2)cn1. The van der Waals surface area contributed by atoms with Crippen molar-refractivity contribution >= 4 is 11.7 Å². The molecule has 2 heterocycles. The van der Waals surface area contributed by atoms with Crippen LogP contribution >= 0.6 is 0 Å². The van der Waals surface area contributed by atoms with Crippen molar-refractivity contribution in [3.05, 3.63) is 48.2 Å². The average molecular weight is 257 g/mol. The van der Waals surface area contributed by atoms with E-state index in [4.69, 9.17) is 0 Å². The van der Waals surface area contributed by atoms with E-state index in [9.17, 15) is 4.79 Å². The number of hydrogen-bond acceptors (Lipinski definition) is 5. The number of hydrogen-bond donors (Lipinski definition) is 2. The number of nitrogens with one attached hydrogen (secondary N) is 2. The van der Waals surface area contributed by atoms with Gasteiger partial charge in [0.15, 0.2) is 0 Å². The molecule has 0 radical (unpaired) electrons. The van der Waals surface area contributed by atoms with Crippen LogP contribution in [0.15, 0.2) is 36.8 Å². The zero-order valence-electron chi connectivity index (χ0n) is 10.6. The Morgan fingerprint density at radius 2 is 2.11 bits per heavy atom. The average Bonchev–Trinajstić information content (AvgIpc) is 2.48. The van der Waals surface area contributed by atoms with Crippen molar-refractivity contribution < 1.29 is 4.79 Å². The van der Waals surface area contributed by atoms with Gasteiger partial charge in [0.1, 0.15) is 11.5 Å². The third-order valence-corrected chi connectivity index (χ3v) is 2.53. The fourth-order valence-corrected chi connectivity index (χ4v) is 1.52. The van der Waals surface area contributed by atoms with Crippen molar-refractivity contribution in [2.45, 2.75) is 6.42 Å². The Balaban J connectivity index is 1.84. The van der Waals surface area contributed by atoms with Crippen molar-refractivity contribution in [2.75, 3.05) is 18.9 Å². The molecule has 6 heteroatoms. The summed E-state index contributed by atoms with van der Waals surface area (Å²) in [6.07, 6.45) is 5.39. The Morgan fingerprint density at radius 3 is 2.74 bits per heavy atom. The number of rotatable bonds is 5. The Labute approximate surface area is 111 Å². The summed E-state index contributed by atoms with van der Waals surface area (Å²) in [5.74, 6) is 0.399. The third-order valence-electron chi connectivity index (χ3n) is 2.53. The van der Waals surface area contributed by atoms with Gasteiger partial charge in [0.25, 0.3) is 5.91 Å². The molecule has 2 N–H and O–H groups in total. The van der Waals surface area contributed by atoms with Crippen LogP contribution in [-0.2, 0) is 6.42 Å². The van der Waals surface area contributed by atoms with Crippen LogP contribution in [0, 0.1) is 0 Å². The number of aromatic nitrogens is 3. The number of anilines is 1. The maximum atomic E-state index is 11.8. The first-order chi connectivity index (χ1) is 9.29. The highest BCUT2D eigenvalue weighted by Gasteiger charge is 2.07. The molecule has 2 rings (SSSR count). The molecular formula is C13H15N5O. The molecule has 1 amide bonds. The zero-order valence-corrected chi connectivity index (χ0v) is 10.6. The van der Waals surface area contributed by atoms with Gasteiger partial charge in [0, 0.05) is 31.9 Å². The predicted octanol–water partition coefficient (Wildman–Crippen LogP) is 0.886. The van der Waals surface area contributed by atoms with E-state index in [-0.39, 0.29) is 5.91 Å². The first-order valence-electron chi connectivity index (χ1n) is 5.97. The van der Waals surface area contributed by atoms with Crippen LogP contribution in [0.25, 0.3) is 0 Å². The van der Waals surface area contributed by atoms with E-state index >= 15 is 0 Å². The minimum absolute atomic E-state index is 0.230. The van der Waals surface area contributed by atoms with Crippen LogP contribution in [0.5, 0.6) is 0 Å². The summed E-state index contributed by atoms with van der Waals surface area (Å²) in [6, 6.07) is 5.71. The Bertz CT molecular complexity index is 526. The molecule has 0 fully saturated rings. The standard InChI is InChI=1S/C13H15N5O/c1-14-12-9-17-11(8-18-12)13(19)16-7-5-10-4-2-3-6-15-10/h2-4,6,8-9H,5,7H2,1H3,(H,14,18)(H,16,19). The topological polar surface area (TPSA) is 79.8 Å². The van der Waals surface area contributed by atoms with Crippen LogP contribution < -0.4 is 10.6 Å². The van der Waals surface area contributed by atoms with Crippen molar-refractivity contribution in [2.24, 2.45) is 0 Å². The molecule has 0 bridgehead atoms. The fraction of sp³-hybridized carbons (Fsp3) is 0.231.